The first-order valence-corrected chi connectivity index (χ1v) is 12.1. The molecule has 1 aliphatic rings. The number of rotatable bonds is 12. The molecule has 2 aromatic rings. The Morgan fingerprint density at radius 1 is 0.853 bits per heavy atom. The van der Waals surface area contributed by atoms with Gasteiger partial charge in [0.15, 0.2) is 0 Å². The van der Waals surface area contributed by atoms with Crippen LogP contribution in [0.1, 0.15) is 69.4 Å². The number of ether oxygens (including phenoxy) is 1. The number of hydrogen-bond donors (Lipinski definition) is 3. The number of carboxylic acid groups (broad SMARTS) is 1. The summed E-state index contributed by atoms with van der Waals surface area (Å²) in [7, 11) is 0. The molecular weight excluding hydrogens is 432 g/mol. The number of alkyl carbamates (subject to hydrolysis) is 1. The Bertz CT molecular complexity index is 961. The average molecular weight is 467 g/mol. The molecular formula is C27H34N2O5. The molecule has 2 aromatic carbocycles. The van der Waals surface area contributed by atoms with Gasteiger partial charge in [-0.2, -0.15) is 0 Å². The molecule has 0 aliphatic heterocycles. The van der Waals surface area contributed by atoms with Crippen molar-refractivity contribution in [2.24, 2.45) is 0 Å². The number of hydrogen-bond acceptors (Lipinski definition) is 4. The van der Waals surface area contributed by atoms with Crippen LogP contribution in [0.3, 0.4) is 0 Å². The molecule has 2 amide bonds. The smallest absolute Gasteiger partial charge is 0.407 e. The highest BCUT2D eigenvalue weighted by Crippen LogP contribution is 2.44. The number of carbonyl (C=O) groups is 3. The number of amides is 2. The Labute approximate surface area is 200 Å². The van der Waals surface area contributed by atoms with Crippen molar-refractivity contribution >= 4 is 18.0 Å². The minimum atomic E-state index is -0.944. The summed E-state index contributed by atoms with van der Waals surface area (Å²) in [5.74, 6) is -1.24. The van der Waals surface area contributed by atoms with E-state index in [9.17, 15) is 14.4 Å². The zero-order chi connectivity index (χ0) is 24.5. The lowest BCUT2D eigenvalue weighted by Gasteiger charge is -2.21. The quantitative estimate of drug-likeness (QED) is 0.415. The number of carbonyl (C=O) groups excluding carboxylic acids is 2. The van der Waals surface area contributed by atoms with Gasteiger partial charge in [-0.25, -0.2) is 4.79 Å². The molecule has 0 saturated carbocycles. The van der Waals surface area contributed by atoms with Crippen LogP contribution in [0.4, 0.5) is 4.79 Å². The molecule has 1 aliphatic carbocycles. The number of nitrogens with one attached hydrogen (secondary N) is 2. The van der Waals surface area contributed by atoms with E-state index in [0.29, 0.717) is 12.8 Å². The van der Waals surface area contributed by atoms with Crippen molar-refractivity contribution < 1.29 is 24.2 Å². The molecule has 34 heavy (non-hydrogen) atoms. The SMILES string of the molecule is CCC[C@H](CC(=O)O)NC(=O)C[C@@H](CCC)NC(=O)OCC1c2ccccc2-c2ccccc21. The third kappa shape index (κ3) is 6.59. The Kier molecular flexibility index (Phi) is 9.08. The van der Waals surface area contributed by atoms with Gasteiger partial charge in [-0.15, -0.1) is 0 Å². The number of carboxylic acids is 1. The first-order chi connectivity index (χ1) is 16.4. The first kappa shape index (κ1) is 25.3. The highest BCUT2D eigenvalue weighted by molar-refractivity contribution is 5.80. The van der Waals surface area contributed by atoms with Crippen molar-refractivity contribution in [1.82, 2.24) is 10.6 Å². The van der Waals surface area contributed by atoms with E-state index >= 15 is 0 Å². The minimum Gasteiger partial charge on any atom is -0.481 e. The number of aliphatic carboxylic acids is 1. The molecule has 0 spiro atoms. The van der Waals surface area contributed by atoms with E-state index in [2.05, 4.69) is 34.9 Å². The van der Waals surface area contributed by atoms with Crippen LogP contribution in [0, 0.1) is 0 Å². The molecule has 2 atom stereocenters. The molecule has 0 aromatic heterocycles. The molecule has 0 bridgehead atoms. The fraction of sp³-hybridized carbons (Fsp3) is 0.444. The van der Waals surface area contributed by atoms with Gasteiger partial charge in [0.05, 0.1) is 6.42 Å². The van der Waals surface area contributed by atoms with Crippen molar-refractivity contribution in [3.05, 3.63) is 59.7 Å². The van der Waals surface area contributed by atoms with Gasteiger partial charge in [-0.3, -0.25) is 9.59 Å². The fourth-order valence-electron chi connectivity index (χ4n) is 4.68. The van der Waals surface area contributed by atoms with E-state index < -0.39 is 18.1 Å². The van der Waals surface area contributed by atoms with Crippen molar-refractivity contribution in [3.8, 4) is 11.1 Å². The van der Waals surface area contributed by atoms with Crippen LogP contribution in [0.25, 0.3) is 11.1 Å². The van der Waals surface area contributed by atoms with E-state index in [0.717, 1.165) is 35.1 Å². The van der Waals surface area contributed by atoms with E-state index in [4.69, 9.17) is 9.84 Å². The Morgan fingerprint density at radius 2 is 1.38 bits per heavy atom. The van der Waals surface area contributed by atoms with Crippen LogP contribution in [-0.2, 0) is 14.3 Å². The van der Waals surface area contributed by atoms with Crippen LogP contribution in [0.15, 0.2) is 48.5 Å². The Balaban J connectivity index is 1.57. The van der Waals surface area contributed by atoms with Gasteiger partial charge in [-0.05, 0) is 35.1 Å². The van der Waals surface area contributed by atoms with Crippen LogP contribution < -0.4 is 10.6 Å². The number of fused-ring (bicyclic) bond motifs is 3. The standard InChI is InChI=1S/C27H34N2O5/c1-3-9-18(15-25(30)28-19(10-4-2)16-26(31)32)29-27(33)34-17-24-22-13-7-5-11-20(22)21-12-6-8-14-23(21)24/h5-8,11-14,18-19,24H,3-4,9-10,15-17H2,1-2H3,(H,28,30)(H,29,33)(H,31,32)/t18-,19-/m1/s1. The Morgan fingerprint density at radius 3 is 1.91 bits per heavy atom. The first-order valence-electron chi connectivity index (χ1n) is 12.1. The summed E-state index contributed by atoms with van der Waals surface area (Å²) in [6.07, 6.45) is 2.19. The summed E-state index contributed by atoms with van der Waals surface area (Å²) in [5, 5.41) is 14.7. The van der Waals surface area contributed by atoms with Crippen molar-refractivity contribution in [3.63, 3.8) is 0 Å². The highest BCUT2D eigenvalue weighted by Gasteiger charge is 2.29. The van der Waals surface area contributed by atoms with Gasteiger partial charge in [0.2, 0.25) is 5.91 Å². The predicted octanol–water partition coefficient (Wildman–Crippen LogP) is 4.84. The van der Waals surface area contributed by atoms with Crippen LogP contribution >= 0.6 is 0 Å². The zero-order valence-corrected chi connectivity index (χ0v) is 19.9. The van der Waals surface area contributed by atoms with Crippen LogP contribution in [-0.4, -0.2) is 41.8 Å². The van der Waals surface area contributed by atoms with Crippen molar-refractivity contribution in [2.45, 2.75) is 70.4 Å². The zero-order valence-electron chi connectivity index (χ0n) is 19.9. The van der Waals surface area contributed by atoms with Crippen LogP contribution in [0.2, 0.25) is 0 Å². The molecule has 3 rings (SSSR count). The maximum absolute atomic E-state index is 12.6. The normalized spacial score (nSPS) is 13.9. The molecule has 0 saturated heterocycles. The summed E-state index contributed by atoms with van der Waals surface area (Å²) in [5.41, 5.74) is 4.61. The molecule has 7 heteroatoms. The lowest BCUT2D eigenvalue weighted by atomic mass is 9.98. The second-order valence-electron chi connectivity index (χ2n) is 8.81. The fourth-order valence-corrected chi connectivity index (χ4v) is 4.68. The van der Waals surface area contributed by atoms with E-state index in [1.54, 1.807) is 0 Å². The van der Waals surface area contributed by atoms with Gasteiger partial charge >= 0.3 is 12.1 Å². The molecule has 3 N–H and O–H groups in total. The molecule has 0 radical (unpaired) electrons. The average Bonchev–Trinajstić information content (AvgIpc) is 3.11. The van der Waals surface area contributed by atoms with E-state index in [1.165, 1.54) is 0 Å². The Hall–Kier alpha value is -3.35. The second kappa shape index (κ2) is 12.2. The van der Waals surface area contributed by atoms with E-state index in [-0.39, 0.29) is 37.3 Å². The largest absolute Gasteiger partial charge is 0.481 e. The summed E-state index contributed by atoms with van der Waals surface area (Å²) in [6, 6.07) is 15.5. The van der Waals surface area contributed by atoms with Gasteiger partial charge in [0.1, 0.15) is 6.61 Å². The summed E-state index contributed by atoms with van der Waals surface area (Å²) < 4.78 is 5.61. The summed E-state index contributed by atoms with van der Waals surface area (Å²) in [4.78, 5) is 36.2. The van der Waals surface area contributed by atoms with Gasteiger partial charge < -0.3 is 20.5 Å². The second-order valence-corrected chi connectivity index (χ2v) is 8.81. The van der Waals surface area contributed by atoms with Crippen molar-refractivity contribution in [1.29, 1.82) is 0 Å². The van der Waals surface area contributed by atoms with Gasteiger partial charge in [0.25, 0.3) is 0 Å². The van der Waals surface area contributed by atoms with Crippen molar-refractivity contribution in [2.75, 3.05) is 6.61 Å². The molecule has 0 fully saturated rings. The topological polar surface area (TPSA) is 105 Å². The third-order valence-electron chi connectivity index (χ3n) is 6.16. The lowest BCUT2D eigenvalue weighted by molar-refractivity contribution is -0.137. The molecule has 7 nitrogen and oxygen atoms in total. The molecule has 182 valence electrons. The van der Waals surface area contributed by atoms with Gasteiger partial charge in [0, 0.05) is 24.4 Å². The van der Waals surface area contributed by atoms with E-state index in [1.807, 2.05) is 38.1 Å². The van der Waals surface area contributed by atoms with Gasteiger partial charge in [-0.1, -0.05) is 75.2 Å². The third-order valence-corrected chi connectivity index (χ3v) is 6.16. The van der Waals surface area contributed by atoms with Crippen LogP contribution in [0.5, 0.6) is 0 Å². The maximum atomic E-state index is 12.6. The summed E-state index contributed by atoms with van der Waals surface area (Å²) in [6.45, 7) is 4.14. The summed E-state index contributed by atoms with van der Waals surface area (Å²) >= 11 is 0. The lowest BCUT2D eigenvalue weighted by Crippen LogP contribution is -2.42. The predicted molar refractivity (Wildman–Crippen MR) is 131 cm³/mol. The molecule has 0 heterocycles. The number of benzene rings is 2. The highest BCUT2D eigenvalue weighted by atomic mass is 16.5. The molecule has 0 unspecified atom stereocenters. The monoisotopic (exact) mass is 466 g/mol. The maximum Gasteiger partial charge on any atom is 0.407 e. The minimum absolute atomic E-state index is 0.0307.